The summed E-state index contributed by atoms with van der Waals surface area (Å²) in [5.41, 5.74) is 0.335. The summed E-state index contributed by atoms with van der Waals surface area (Å²) in [7, 11) is -0.659. The molecule has 0 heterocycles. The van der Waals surface area contributed by atoms with Crippen LogP contribution >= 0.6 is 0 Å². The Morgan fingerprint density at radius 3 is 2.33 bits per heavy atom. The molecule has 0 aliphatic heterocycles. The van der Waals surface area contributed by atoms with Crippen molar-refractivity contribution in [1.82, 2.24) is 5.32 Å². The zero-order chi connectivity index (χ0) is 16.0. The highest BCUT2D eigenvalue weighted by atomic mass is 32.2. The number of nitrogens with one attached hydrogen (secondary N) is 1. The lowest BCUT2D eigenvalue weighted by molar-refractivity contribution is -0.119. The normalized spacial score (nSPS) is 10.9. The summed E-state index contributed by atoms with van der Waals surface area (Å²) in [5, 5.41) is 2.57. The summed E-state index contributed by atoms with van der Waals surface area (Å²) in [6.45, 7) is 1.91. The Hall–Kier alpha value is -1.96. The van der Waals surface area contributed by atoms with Crippen LogP contribution in [-0.2, 0) is 14.8 Å². The lowest BCUT2D eigenvalue weighted by Crippen LogP contribution is -2.40. The number of amides is 1. The first kappa shape index (κ1) is 17.1. The van der Waals surface area contributed by atoms with Crippen LogP contribution in [0.5, 0.6) is 11.5 Å². The third kappa shape index (κ3) is 4.52. The van der Waals surface area contributed by atoms with Crippen LogP contribution in [0, 0.1) is 0 Å². The van der Waals surface area contributed by atoms with Crippen molar-refractivity contribution in [3.63, 3.8) is 0 Å². The smallest absolute Gasteiger partial charge is 0.240 e. The molecular formula is C13H20N2O5S. The molecule has 1 N–H and O–H groups in total. The zero-order valence-corrected chi connectivity index (χ0v) is 13.4. The fourth-order valence-corrected chi connectivity index (χ4v) is 2.61. The molecule has 0 atom stereocenters. The third-order valence-electron chi connectivity index (χ3n) is 2.72. The van der Waals surface area contributed by atoms with Crippen LogP contribution in [0.1, 0.15) is 6.92 Å². The average molecular weight is 316 g/mol. The van der Waals surface area contributed by atoms with E-state index in [-0.39, 0.29) is 12.5 Å². The number of methoxy groups -OCH3 is 2. The number of nitrogens with zero attached hydrogens (tertiary/aromatic N) is 1. The number of ether oxygens (including phenoxy) is 2. The maximum atomic E-state index is 11.9. The number of carbonyl (C=O) groups is 1. The van der Waals surface area contributed by atoms with Gasteiger partial charge in [0.25, 0.3) is 0 Å². The van der Waals surface area contributed by atoms with Crippen LogP contribution < -0.4 is 19.1 Å². The van der Waals surface area contributed by atoms with E-state index in [2.05, 4.69) is 5.32 Å². The highest BCUT2D eigenvalue weighted by Crippen LogP contribution is 2.32. The van der Waals surface area contributed by atoms with E-state index >= 15 is 0 Å². The van der Waals surface area contributed by atoms with Gasteiger partial charge in [-0.05, 0) is 19.1 Å². The first-order valence-electron chi connectivity index (χ1n) is 6.30. The lowest BCUT2D eigenvalue weighted by Gasteiger charge is -2.22. The van der Waals surface area contributed by atoms with Crippen LogP contribution in [-0.4, -0.2) is 47.9 Å². The van der Waals surface area contributed by atoms with Crippen molar-refractivity contribution in [3.8, 4) is 11.5 Å². The van der Waals surface area contributed by atoms with Gasteiger partial charge in [-0.3, -0.25) is 9.10 Å². The van der Waals surface area contributed by atoms with E-state index in [0.29, 0.717) is 23.7 Å². The maximum Gasteiger partial charge on any atom is 0.240 e. The fraction of sp³-hybridized carbons (Fsp3) is 0.462. The van der Waals surface area contributed by atoms with Crippen molar-refractivity contribution >= 4 is 21.6 Å². The Bertz CT molecular complexity index is 601. The molecule has 0 saturated carbocycles. The van der Waals surface area contributed by atoms with Crippen molar-refractivity contribution in [2.45, 2.75) is 6.92 Å². The number of carbonyl (C=O) groups excluding carboxylic acids is 1. The number of sulfonamides is 1. The molecular weight excluding hydrogens is 296 g/mol. The molecule has 1 rings (SSSR count). The van der Waals surface area contributed by atoms with Gasteiger partial charge < -0.3 is 14.8 Å². The van der Waals surface area contributed by atoms with Crippen molar-refractivity contribution in [2.24, 2.45) is 0 Å². The van der Waals surface area contributed by atoms with E-state index in [1.807, 2.05) is 0 Å². The first-order valence-corrected chi connectivity index (χ1v) is 8.14. The molecule has 0 fully saturated rings. The summed E-state index contributed by atoms with van der Waals surface area (Å²) in [6.07, 6.45) is 1.04. The van der Waals surface area contributed by atoms with Crippen LogP contribution in [0.4, 0.5) is 5.69 Å². The molecule has 8 heteroatoms. The first-order chi connectivity index (χ1) is 9.83. The van der Waals surface area contributed by atoms with Gasteiger partial charge in [-0.2, -0.15) is 0 Å². The van der Waals surface area contributed by atoms with Gasteiger partial charge in [0.05, 0.1) is 26.2 Å². The fourth-order valence-electron chi connectivity index (χ4n) is 1.76. The standard InChI is InChI=1S/C13H20N2O5S/c1-5-14-13(16)9-15(21(4,17)18)10-6-7-11(19-2)12(8-10)20-3/h6-8H,5,9H2,1-4H3,(H,14,16). The molecule has 0 saturated heterocycles. The molecule has 21 heavy (non-hydrogen) atoms. The number of hydrogen-bond acceptors (Lipinski definition) is 5. The minimum absolute atomic E-state index is 0.290. The van der Waals surface area contributed by atoms with E-state index < -0.39 is 10.0 Å². The molecule has 118 valence electrons. The Morgan fingerprint density at radius 1 is 1.24 bits per heavy atom. The van der Waals surface area contributed by atoms with E-state index in [1.54, 1.807) is 19.1 Å². The molecule has 0 unspecified atom stereocenters. The number of likely N-dealkylation sites (N-methyl/N-ethyl adjacent to an activating group) is 1. The van der Waals surface area contributed by atoms with Gasteiger partial charge in [-0.1, -0.05) is 0 Å². The Morgan fingerprint density at radius 2 is 1.86 bits per heavy atom. The summed E-state index contributed by atoms with van der Waals surface area (Å²) < 4.78 is 35.1. The molecule has 0 radical (unpaired) electrons. The van der Waals surface area contributed by atoms with Gasteiger partial charge >= 0.3 is 0 Å². The van der Waals surface area contributed by atoms with Crippen molar-refractivity contribution < 1.29 is 22.7 Å². The number of benzene rings is 1. The largest absolute Gasteiger partial charge is 0.493 e. The summed E-state index contributed by atoms with van der Waals surface area (Å²) >= 11 is 0. The number of hydrogen-bond donors (Lipinski definition) is 1. The van der Waals surface area contributed by atoms with E-state index in [4.69, 9.17) is 9.47 Å². The van der Waals surface area contributed by atoms with E-state index in [1.165, 1.54) is 20.3 Å². The van der Waals surface area contributed by atoms with Crippen molar-refractivity contribution in [1.29, 1.82) is 0 Å². The monoisotopic (exact) mass is 316 g/mol. The molecule has 0 aliphatic carbocycles. The molecule has 1 aromatic rings. The predicted molar refractivity (Wildman–Crippen MR) is 80.4 cm³/mol. The molecule has 1 aromatic carbocycles. The highest BCUT2D eigenvalue weighted by Gasteiger charge is 2.21. The molecule has 0 aliphatic rings. The van der Waals surface area contributed by atoms with Gasteiger partial charge in [0.2, 0.25) is 15.9 Å². The number of rotatable bonds is 7. The van der Waals surface area contributed by atoms with Crippen LogP contribution in [0.2, 0.25) is 0 Å². The topological polar surface area (TPSA) is 84.9 Å². The molecule has 0 aromatic heterocycles. The predicted octanol–water partition coefficient (Wildman–Crippen LogP) is 0.606. The molecule has 7 nitrogen and oxygen atoms in total. The number of anilines is 1. The quantitative estimate of drug-likeness (QED) is 0.796. The second kappa shape index (κ2) is 7.16. The summed E-state index contributed by atoms with van der Waals surface area (Å²) in [6, 6.07) is 4.66. The second-order valence-electron chi connectivity index (χ2n) is 4.26. The molecule has 1 amide bonds. The Balaban J connectivity index is 3.18. The van der Waals surface area contributed by atoms with Gasteiger partial charge in [0.15, 0.2) is 11.5 Å². The Labute approximate surface area is 124 Å². The van der Waals surface area contributed by atoms with Gasteiger partial charge in [0.1, 0.15) is 6.54 Å². The minimum Gasteiger partial charge on any atom is -0.493 e. The summed E-state index contributed by atoms with van der Waals surface area (Å²) in [4.78, 5) is 11.7. The van der Waals surface area contributed by atoms with Crippen molar-refractivity contribution in [2.75, 3.05) is 37.9 Å². The van der Waals surface area contributed by atoms with Gasteiger partial charge in [-0.15, -0.1) is 0 Å². The Kier molecular flexibility index (Phi) is 5.83. The van der Waals surface area contributed by atoms with Crippen LogP contribution in [0.25, 0.3) is 0 Å². The maximum absolute atomic E-state index is 11.9. The van der Waals surface area contributed by atoms with Gasteiger partial charge in [-0.25, -0.2) is 8.42 Å². The zero-order valence-electron chi connectivity index (χ0n) is 12.5. The van der Waals surface area contributed by atoms with Gasteiger partial charge in [0, 0.05) is 12.6 Å². The lowest BCUT2D eigenvalue weighted by atomic mass is 10.2. The van der Waals surface area contributed by atoms with Crippen LogP contribution in [0.15, 0.2) is 18.2 Å². The van der Waals surface area contributed by atoms with E-state index in [0.717, 1.165) is 10.6 Å². The molecule has 0 spiro atoms. The summed E-state index contributed by atoms with van der Waals surface area (Å²) in [5.74, 6) is 0.491. The molecule has 0 bridgehead atoms. The average Bonchev–Trinajstić information content (AvgIpc) is 2.43. The second-order valence-corrected chi connectivity index (χ2v) is 6.17. The highest BCUT2D eigenvalue weighted by molar-refractivity contribution is 7.92. The van der Waals surface area contributed by atoms with E-state index in [9.17, 15) is 13.2 Å². The SMILES string of the molecule is CCNC(=O)CN(c1ccc(OC)c(OC)c1)S(C)(=O)=O. The van der Waals surface area contributed by atoms with Crippen LogP contribution in [0.3, 0.4) is 0 Å². The third-order valence-corrected chi connectivity index (χ3v) is 3.86. The minimum atomic E-state index is -3.60. The van der Waals surface area contributed by atoms with Crippen molar-refractivity contribution in [3.05, 3.63) is 18.2 Å².